The van der Waals surface area contributed by atoms with Gasteiger partial charge in [0.25, 0.3) is 5.69 Å². The third-order valence-corrected chi connectivity index (χ3v) is 3.65. The third-order valence-electron chi connectivity index (χ3n) is 3.65. The lowest BCUT2D eigenvalue weighted by Crippen LogP contribution is -1.97. The summed E-state index contributed by atoms with van der Waals surface area (Å²) in [5.74, 6) is 0.960. The molecule has 3 rings (SSSR count). The number of aromatic nitrogens is 1. The lowest BCUT2D eigenvalue weighted by molar-refractivity contribution is -0.383. The smallest absolute Gasteiger partial charge is 0.277 e. The van der Waals surface area contributed by atoms with Crippen LogP contribution in [0.5, 0.6) is 11.5 Å². The van der Waals surface area contributed by atoms with Gasteiger partial charge in [-0.25, -0.2) is 0 Å². The van der Waals surface area contributed by atoms with Gasteiger partial charge in [0.2, 0.25) is 0 Å². The summed E-state index contributed by atoms with van der Waals surface area (Å²) in [5.41, 5.74) is 1.54. The van der Waals surface area contributed by atoms with Crippen LogP contribution in [0, 0.1) is 10.1 Å². The summed E-state index contributed by atoms with van der Waals surface area (Å²) in [7, 11) is 3.05. The predicted molar refractivity (Wildman–Crippen MR) is 86.9 cm³/mol. The van der Waals surface area contributed by atoms with Gasteiger partial charge in [0.1, 0.15) is 0 Å². The molecule has 0 saturated carbocycles. The second-order valence-corrected chi connectivity index (χ2v) is 4.86. The predicted octanol–water partition coefficient (Wildman–Crippen LogP) is 3.83. The van der Waals surface area contributed by atoms with Crippen molar-refractivity contribution in [1.29, 1.82) is 0 Å². The summed E-state index contributed by atoms with van der Waals surface area (Å²) in [6.07, 6.45) is 3.36. The monoisotopic (exact) mass is 310 g/mol. The Morgan fingerprint density at radius 3 is 2.52 bits per heavy atom. The summed E-state index contributed by atoms with van der Waals surface area (Å²) in [6, 6.07) is 10.3. The first kappa shape index (κ1) is 14.8. The number of methoxy groups -OCH3 is 2. The van der Waals surface area contributed by atoms with Crippen LogP contribution in [0.25, 0.3) is 21.9 Å². The van der Waals surface area contributed by atoms with Crippen molar-refractivity contribution in [3.8, 4) is 22.6 Å². The Hall–Kier alpha value is -3.15. The van der Waals surface area contributed by atoms with E-state index in [9.17, 15) is 10.1 Å². The number of nitro groups is 1. The zero-order chi connectivity index (χ0) is 16.4. The Bertz CT molecular complexity index is 879. The van der Waals surface area contributed by atoms with Crippen molar-refractivity contribution in [2.45, 2.75) is 0 Å². The van der Waals surface area contributed by atoms with E-state index in [0.717, 1.165) is 11.1 Å². The highest BCUT2D eigenvalue weighted by atomic mass is 16.6. The second kappa shape index (κ2) is 5.92. The fourth-order valence-electron chi connectivity index (χ4n) is 2.68. The van der Waals surface area contributed by atoms with E-state index >= 15 is 0 Å². The fourth-order valence-corrected chi connectivity index (χ4v) is 2.68. The van der Waals surface area contributed by atoms with Gasteiger partial charge in [0.05, 0.1) is 24.5 Å². The molecule has 116 valence electrons. The minimum absolute atomic E-state index is 0.0218. The maximum atomic E-state index is 11.3. The average molecular weight is 310 g/mol. The van der Waals surface area contributed by atoms with Crippen LogP contribution in [-0.4, -0.2) is 24.1 Å². The molecule has 0 N–H and O–H groups in total. The van der Waals surface area contributed by atoms with E-state index < -0.39 is 4.92 Å². The van der Waals surface area contributed by atoms with Gasteiger partial charge in [0.15, 0.2) is 11.5 Å². The van der Waals surface area contributed by atoms with Crippen LogP contribution in [-0.2, 0) is 0 Å². The normalized spacial score (nSPS) is 10.5. The minimum Gasteiger partial charge on any atom is -0.493 e. The van der Waals surface area contributed by atoms with Gasteiger partial charge < -0.3 is 9.47 Å². The van der Waals surface area contributed by atoms with Gasteiger partial charge in [-0.05, 0) is 12.1 Å². The molecule has 0 spiro atoms. The molecule has 2 aromatic carbocycles. The largest absolute Gasteiger partial charge is 0.493 e. The molecule has 0 aliphatic carbocycles. The van der Waals surface area contributed by atoms with Gasteiger partial charge in [-0.15, -0.1) is 0 Å². The van der Waals surface area contributed by atoms with Crippen molar-refractivity contribution >= 4 is 16.5 Å². The number of hydrogen-bond acceptors (Lipinski definition) is 5. The first-order chi connectivity index (χ1) is 11.2. The highest BCUT2D eigenvalue weighted by Crippen LogP contribution is 2.45. The van der Waals surface area contributed by atoms with Crippen LogP contribution in [0.3, 0.4) is 0 Å². The van der Waals surface area contributed by atoms with E-state index in [4.69, 9.17) is 9.47 Å². The van der Waals surface area contributed by atoms with Crippen LogP contribution in [0.15, 0.2) is 48.8 Å². The highest BCUT2D eigenvalue weighted by molar-refractivity contribution is 6.05. The molecule has 0 saturated heterocycles. The molecule has 23 heavy (non-hydrogen) atoms. The van der Waals surface area contributed by atoms with Crippen LogP contribution >= 0.6 is 0 Å². The summed E-state index contributed by atoms with van der Waals surface area (Å²) < 4.78 is 10.9. The summed E-state index contributed by atoms with van der Waals surface area (Å²) in [5, 5.41) is 12.5. The molecule has 1 heterocycles. The number of ether oxygens (including phenoxy) is 2. The Balaban J connectivity index is 2.49. The number of non-ortho nitro benzene ring substituents is 1. The molecule has 0 fully saturated rings. The standard InChI is InChI=1S/C17H14N2O4/c1-22-15-9-13-12(6-3-7-14(13)19(20)21)16(17(15)23-2)11-5-4-8-18-10-11/h3-10H,1-2H3. The molecule has 0 aliphatic rings. The van der Waals surface area contributed by atoms with E-state index in [1.807, 2.05) is 12.1 Å². The van der Waals surface area contributed by atoms with Crippen molar-refractivity contribution in [2.24, 2.45) is 0 Å². The lowest BCUT2D eigenvalue weighted by atomic mass is 9.96. The number of hydrogen-bond donors (Lipinski definition) is 0. The molecule has 0 bridgehead atoms. The molecule has 0 atom stereocenters. The zero-order valence-corrected chi connectivity index (χ0v) is 12.6. The number of nitro benzene ring substituents is 1. The van der Waals surface area contributed by atoms with Gasteiger partial charge in [-0.2, -0.15) is 0 Å². The highest BCUT2D eigenvalue weighted by Gasteiger charge is 2.21. The molecular weight excluding hydrogens is 296 g/mol. The van der Waals surface area contributed by atoms with Gasteiger partial charge in [0, 0.05) is 35.0 Å². The van der Waals surface area contributed by atoms with E-state index in [2.05, 4.69) is 4.98 Å². The summed E-state index contributed by atoms with van der Waals surface area (Å²) in [6.45, 7) is 0. The number of nitrogens with zero attached hydrogens (tertiary/aromatic N) is 2. The number of pyridine rings is 1. The van der Waals surface area contributed by atoms with Crippen LogP contribution in [0.2, 0.25) is 0 Å². The fraction of sp³-hybridized carbons (Fsp3) is 0.118. The Labute approximate surface area is 132 Å². The second-order valence-electron chi connectivity index (χ2n) is 4.86. The first-order valence-electron chi connectivity index (χ1n) is 6.90. The molecule has 1 aromatic heterocycles. The third kappa shape index (κ3) is 2.44. The van der Waals surface area contributed by atoms with Crippen molar-refractivity contribution in [1.82, 2.24) is 4.98 Å². The Morgan fingerprint density at radius 2 is 1.91 bits per heavy atom. The van der Waals surface area contributed by atoms with E-state index in [1.54, 1.807) is 37.7 Å². The van der Waals surface area contributed by atoms with E-state index in [1.165, 1.54) is 13.2 Å². The molecule has 6 heteroatoms. The van der Waals surface area contributed by atoms with E-state index in [-0.39, 0.29) is 5.69 Å². The Morgan fingerprint density at radius 1 is 1.09 bits per heavy atom. The van der Waals surface area contributed by atoms with Crippen molar-refractivity contribution in [3.63, 3.8) is 0 Å². The van der Waals surface area contributed by atoms with Crippen LogP contribution < -0.4 is 9.47 Å². The first-order valence-corrected chi connectivity index (χ1v) is 6.90. The van der Waals surface area contributed by atoms with E-state index in [0.29, 0.717) is 22.3 Å². The Kier molecular flexibility index (Phi) is 3.80. The van der Waals surface area contributed by atoms with Crippen LogP contribution in [0.4, 0.5) is 5.69 Å². The minimum atomic E-state index is -0.402. The number of fused-ring (bicyclic) bond motifs is 1. The molecule has 0 unspecified atom stereocenters. The quantitative estimate of drug-likeness (QED) is 0.541. The summed E-state index contributed by atoms with van der Waals surface area (Å²) >= 11 is 0. The van der Waals surface area contributed by atoms with Gasteiger partial charge >= 0.3 is 0 Å². The number of benzene rings is 2. The van der Waals surface area contributed by atoms with Crippen molar-refractivity contribution in [2.75, 3.05) is 14.2 Å². The average Bonchev–Trinajstić information content (AvgIpc) is 2.59. The summed E-state index contributed by atoms with van der Waals surface area (Å²) in [4.78, 5) is 15.1. The molecule has 3 aromatic rings. The molecule has 0 amide bonds. The van der Waals surface area contributed by atoms with Crippen molar-refractivity contribution in [3.05, 3.63) is 58.9 Å². The molecule has 0 aliphatic heterocycles. The topological polar surface area (TPSA) is 74.5 Å². The van der Waals surface area contributed by atoms with Gasteiger partial charge in [-0.1, -0.05) is 18.2 Å². The lowest BCUT2D eigenvalue weighted by Gasteiger charge is -2.16. The number of rotatable bonds is 4. The zero-order valence-electron chi connectivity index (χ0n) is 12.6. The molecule has 6 nitrogen and oxygen atoms in total. The molecule has 0 radical (unpaired) electrons. The van der Waals surface area contributed by atoms with Gasteiger partial charge in [-0.3, -0.25) is 15.1 Å². The van der Waals surface area contributed by atoms with Crippen molar-refractivity contribution < 1.29 is 14.4 Å². The maximum absolute atomic E-state index is 11.3. The molecular formula is C17H14N2O4. The van der Waals surface area contributed by atoms with Crippen LogP contribution in [0.1, 0.15) is 0 Å². The SMILES string of the molecule is COc1cc2c([N+](=O)[O-])cccc2c(-c2cccnc2)c1OC. The maximum Gasteiger partial charge on any atom is 0.277 e.